The van der Waals surface area contributed by atoms with Crippen LogP contribution in [0.5, 0.6) is 0 Å². The molecule has 10 heteroatoms. The van der Waals surface area contributed by atoms with E-state index in [4.69, 9.17) is 17.2 Å². The number of carbonyl (C=O) groups excluding carboxylic acids is 2. The maximum atomic E-state index is 11.9. The van der Waals surface area contributed by atoms with Crippen LogP contribution in [0.3, 0.4) is 0 Å². The molecule has 2 atom stereocenters. The predicted octanol–water partition coefficient (Wildman–Crippen LogP) is 1.87. The maximum Gasteiger partial charge on any atom is 0.236 e. The summed E-state index contributed by atoms with van der Waals surface area (Å²) in [6.07, 6.45) is 6.90. The Morgan fingerprint density at radius 1 is 1.10 bits per heavy atom. The highest BCUT2D eigenvalue weighted by Gasteiger charge is 2.26. The molecular formula is C30H40N8O2. The largest absolute Gasteiger partial charge is 0.397 e. The van der Waals surface area contributed by atoms with Crippen molar-refractivity contribution in [1.29, 1.82) is 0 Å². The summed E-state index contributed by atoms with van der Waals surface area (Å²) in [7, 11) is 1.78. The minimum absolute atomic E-state index is 0.0174. The Labute approximate surface area is 236 Å². The first-order valence-electron chi connectivity index (χ1n) is 13.8. The molecule has 1 fully saturated rings. The smallest absolute Gasteiger partial charge is 0.236 e. The number of hydrogen-bond acceptors (Lipinski definition) is 8. The minimum Gasteiger partial charge on any atom is -0.397 e. The summed E-state index contributed by atoms with van der Waals surface area (Å²) in [4.78, 5) is 36.0. The highest BCUT2D eigenvalue weighted by atomic mass is 16.2. The Balaban J connectivity index is 1.28. The molecule has 0 radical (unpaired) electrons. The van der Waals surface area contributed by atoms with Crippen LogP contribution in [0, 0.1) is 0 Å². The van der Waals surface area contributed by atoms with E-state index in [1.54, 1.807) is 29.3 Å². The zero-order valence-electron chi connectivity index (χ0n) is 23.1. The van der Waals surface area contributed by atoms with Gasteiger partial charge in [-0.25, -0.2) is 0 Å². The molecule has 0 aliphatic carbocycles. The summed E-state index contributed by atoms with van der Waals surface area (Å²) in [5, 5.41) is 3.51. The number of hydrogen-bond donors (Lipinski definition) is 4. The van der Waals surface area contributed by atoms with Gasteiger partial charge >= 0.3 is 0 Å². The molecule has 2 heterocycles. The lowest BCUT2D eigenvalue weighted by atomic mass is 9.99. The molecule has 2 amide bonds. The van der Waals surface area contributed by atoms with Crippen LogP contribution in [0.15, 0.2) is 64.7 Å². The molecule has 0 spiro atoms. The average molecular weight is 545 g/mol. The summed E-state index contributed by atoms with van der Waals surface area (Å²) in [5.74, 6) is 0.885. The molecule has 2 aromatic carbocycles. The molecule has 0 saturated carbocycles. The third-order valence-electron chi connectivity index (χ3n) is 7.44. The number of nitrogens with two attached hydrogens (primary N) is 3. The third kappa shape index (κ3) is 7.34. The molecule has 2 unspecified atom stereocenters. The van der Waals surface area contributed by atoms with Gasteiger partial charge in [0.2, 0.25) is 11.8 Å². The molecule has 4 rings (SSSR count). The molecule has 10 nitrogen and oxygen atoms in total. The number of carbonyl (C=O) groups is 2. The first-order valence-corrected chi connectivity index (χ1v) is 13.8. The minimum atomic E-state index is -0.0512. The van der Waals surface area contributed by atoms with Crippen LogP contribution in [-0.2, 0) is 9.59 Å². The number of nitrogens with one attached hydrogen (secondary N) is 1. The first-order chi connectivity index (χ1) is 19.4. The summed E-state index contributed by atoms with van der Waals surface area (Å²) < 4.78 is 0. The van der Waals surface area contributed by atoms with Crippen LogP contribution < -0.4 is 22.5 Å². The Bertz CT molecular complexity index is 1250. The van der Waals surface area contributed by atoms with Crippen molar-refractivity contribution in [2.75, 3.05) is 39.8 Å². The van der Waals surface area contributed by atoms with Crippen LogP contribution in [-0.4, -0.2) is 79.5 Å². The summed E-state index contributed by atoms with van der Waals surface area (Å²) >= 11 is 0. The van der Waals surface area contributed by atoms with Crippen molar-refractivity contribution in [2.45, 2.75) is 37.8 Å². The predicted molar refractivity (Wildman–Crippen MR) is 160 cm³/mol. The van der Waals surface area contributed by atoms with Crippen molar-refractivity contribution < 1.29 is 9.59 Å². The van der Waals surface area contributed by atoms with Gasteiger partial charge in [-0.05, 0) is 41.5 Å². The number of benzene rings is 2. The van der Waals surface area contributed by atoms with Crippen molar-refractivity contribution in [2.24, 2.45) is 27.2 Å². The van der Waals surface area contributed by atoms with E-state index in [1.807, 2.05) is 12.1 Å². The zero-order chi connectivity index (χ0) is 28.5. The van der Waals surface area contributed by atoms with Gasteiger partial charge in [-0.2, -0.15) is 0 Å². The van der Waals surface area contributed by atoms with E-state index in [1.165, 1.54) is 5.56 Å². The lowest BCUT2D eigenvalue weighted by Crippen LogP contribution is -2.40. The van der Waals surface area contributed by atoms with E-state index in [-0.39, 0.29) is 37.0 Å². The van der Waals surface area contributed by atoms with Crippen LogP contribution in [0.1, 0.15) is 42.9 Å². The van der Waals surface area contributed by atoms with Gasteiger partial charge in [-0.3, -0.25) is 19.6 Å². The molecule has 1 saturated heterocycles. The monoisotopic (exact) mass is 544 g/mol. The Kier molecular flexibility index (Phi) is 10.0. The second-order valence-corrected chi connectivity index (χ2v) is 10.2. The molecule has 2 aliphatic rings. The molecule has 7 N–H and O–H groups in total. The van der Waals surface area contributed by atoms with Crippen molar-refractivity contribution in [1.82, 2.24) is 15.1 Å². The van der Waals surface area contributed by atoms with E-state index in [0.717, 1.165) is 54.8 Å². The molecule has 0 bridgehead atoms. The van der Waals surface area contributed by atoms with Gasteiger partial charge in [0.15, 0.2) is 0 Å². The third-order valence-corrected chi connectivity index (χ3v) is 7.44. The molecule has 212 valence electrons. The van der Waals surface area contributed by atoms with Gasteiger partial charge < -0.3 is 32.3 Å². The lowest BCUT2D eigenvalue weighted by molar-refractivity contribution is -0.129. The number of likely N-dealkylation sites (N-methyl/N-ethyl adjacent to an activating group) is 1. The molecular weight excluding hydrogens is 504 g/mol. The number of rotatable bonds is 11. The van der Waals surface area contributed by atoms with E-state index >= 15 is 0 Å². The Hall–Kier alpha value is -4.02. The van der Waals surface area contributed by atoms with Gasteiger partial charge in [0, 0.05) is 32.8 Å². The Morgan fingerprint density at radius 2 is 1.80 bits per heavy atom. The fourth-order valence-electron chi connectivity index (χ4n) is 5.03. The number of likely N-dealkylation sites (tertiary alicyclic amines) is 1. The van der Waals surface area contributed by atoms with E-state index in [0.29, 0.717) is 18.8 Å². The number of nitrogens with zero attached hydrogens (tertiary/aromatic N) is 4. The van der Waals surface area contributed by atoms with Crippen molar-refractivity contribution in [3.63, 3.8) is 0 Å². The first kappa shape index (κ1) is 29.0. The SMILES string of the molecule is CN(CCCC1=NCC(c2ccc(-c3ccc(/C(N)=C/N=C/C4CCCN4C(=O)CN)cc3)cc2)N1)C(=O)CN. The van der Waals surface area contributed by atoms with Gasteiger partial charge in [0.1, 0.15) is 0 Å². The average Bonchev–Trinajstić information content (AvgIpc) is 3.66. The molecule has 40 heavy (non-hydrogen) atoms. The normalized spacial score (nSPS) is 19.1. The highest BCUT2D eigenvalue weighted by Crippen LogP contribution is 2.25. The molecule has 2 aliphatic heterocycles. The van der Waals surface area contributed by atoms with Crippen molar-refractivity contribution >= 4 is 29.6 Å². The summed E-state index contributed by atoms with van der Waals surface area (Å²) in [5.41, 5.74) is 22.0. The van der Waals surface area contributed by atoms with Gasteiger partial charge in [-0.15, -0.1) is 0 Å². The molecule has 2 aromatic rings. The van der Waals surface area contributed by atoms with Gasteiger partial charge in [0.05, 0.1) is 49.5 Å². The summed E-state index contributed by atoms with van der Waals surface area (Å²) in [6, 6.07) is 16.7. The van der Waals surface area contributed by atoms with Crippen LogP contribution in [0.25, 0.3) is 16.8 Å². The Morgan fingerprint density at radius 3 is 2.48 bits per heavy atom. The fraction of sp³-hybridized carbons (Fsp3) is 0.400. The standard InChI is InChI=1S/C30H40N8O2/c1-37(29(39)16-31)14-3-5-28-35-20-27(36-28)24-12-8-22(9-13-24)21-6-10-23(11-7-21)26(33)19-34-18-25-4-2-15-38(25)30(40)17-32/h6-13,18-19,25,27H,2-5,14-17,20,31-33H2,1H3,(H,35,36)/b26-19-,34-18+. The fourth-order valence-corrected chi connectivity index (χ4v) is 5.03. The topological polar surface area (TPSA) is 155 Å². The van der Waals surface area contributed by atoms with E-state index < -0.39 is 0 Å². The van der Waals surface area contributed by atoms with Crippen molar-refractivity contribution in [3.05, 3.63) is 65.9 Å². The zero-order valence-corrected chi connectivity index (χ0v) is 23.1. The summed E-state index contributed by atoms with van der Waals surface area (Å²) in [6.45, 7) is 2.15. The van der Waals surface area contributed by atoms with Crippen LogP contribution >= 0.6 is 0 Å². The van der Waals surface area contributed by atoms with Crippen LogP contribution in [0.2, 0.25) is 0 Å². The van der Waals surface area contributed by atoms with Gasteiger partial charge in [0.25, 0.3) is 0 Å². The quantitative estimate of drug-likeness (QED) is 0.317. The highest BCUT2D eigenvalue weighted by molar-refractivity contribution is 5.85. The number of amides is 2. The second kappa shape index (κ2) is 13.9. The van der Waals surface area contributed by atoms with E-state index in [2.05, 4.69) is 51.7 Å². The maximum absolute atomic E-state index is 11.9. The molecule has 0 aromatic heterocycles. The van der Waals surface area contributed by atoms with Crippen LogP contribution in [0.4, 0.5) is 0 Å². The van der Waals surface area contributed by atoms with Crippen molar-refractivity contribution in [3.8, 4) is 11.1 Å². The lowest BCUT2D eigenvalue weighted by Gasteiger charge is -2.20. The number of aliphatic imine (C=N–C) groups is 2. The van der Waals surface area contributed by atoms with Gasteiger partial charge in [-0.1, -0.05) is 48.5 Å². The number of amidine groups is 1. The van der Waals surface area contributed by atoms with E-state index in [9.17, 15) is 9.59 Å². The second-order valence-electron chi connectivity index (χ2n) is 10.2.